The summed E-state index contributed by atoms with van der Waals surface area (Å²) in [7, 11) is -2.28. The molecular formula is C12H19N3O4S2. The number of sulfonamides is 1. The number of carboxylic acid groups (broad SMARTS) is 1. The van der Waals surface area contributed by atoms with Gasteiger partial charge in [-0.25, -0.2) is 18.2 Å². The van der Waals surface area contributed by atoms with E-state index in [2.05, 4.69) is 16.8 Å². The molecule has 0 bridgehead atoms. The average Bonchev–Trinajstić information content (AvgIpc) is 2.97. The van der Waals surface area contributed by atoms with E-state index in [1.54, 1.807) is 0 Å². The standard InChI is InChI=1S/C12H19N3O4S2/c1-3-15-6-4-9(5-7-15)14(2)21(18,19)12-10(11(16)17)13-8-20-12/h8-9H,3-7H2,1-2H3,(H,16,17). The minimum Gasteiger partial charge on any atom is -0.476 e. The second-order valence-corrected chi connectivity index (χ2v) is 8.03. The summed E-state index contributed by atoms with van der Waals surface area (Å²) in [6.07, 6.45) is 1.51. The van der Waals surface area contributed by atoms with E-state index in [4.69, 9.17) is 5.11 Å². The summed E-state index contributed by atoms with van der Waals surface area (Å²) in [5.74, 6) is -1.32. The molecule has 9 heteroatoms. The molecule has 118 valence electrons. The van der Waals surface area contributed by atoms with Crippen LogP contribution < -0.4 is 0 Å². The summed E-state index contributed by atoms with van der Waals surface area (Å²) in [6, 6.07) is -0.0958. The fourth-order valence-corrected chi connectivity index (χ4v) is 5.21. The van der Waals surface area contributed by atoms with Crippen LogP contribution in [-0.4, -0.2) is 66.4 Å². The molecule has 0 aliphatic carbocycles. The van der Waals surface area contributed by atoms with Gasteiger partial charge in [-0.1, -0.05) is 6.92 Å². The van der Waals surface area contributed by atoms with Crippen LogP contribution in [0.1, 0.15) is 30.3 Å². The Kier molecular flexibility index (Phi) is 4.97. The molecule has 0 radical (unpaired) electrons. The molecule has 1 aromatic heterocycles. The van der Waals surface area contributed by atoms with Crippen LogP contribution in [0.3, 0.4) is 0 Å². The third-order valence-electron chi connectivity index (χ3n) is 3.87. The third-order valence-corrected chi connectivity index (χ3v) is 7.13. The van der Waals surface area contributed by atoms with Crippen molar-refractivity contribution in [2.24, 2.45) is 0 Å². The molecule has 1 fully saturated rings. The smallest absolute Gasteiger partial charge is 0.356 e. The number of hydrogen-bond donors (Lipinski definition) is 1. The summed E-state index contributed by atoms with van der Waals surface area (Å²) in [5, 5.41) is 9.03. The first kappa shape index (κ1) is 16.3. The molecule has 1 aliphatic rings. The van der Waals surface area contributed by atoms with E-state index < -0.39 is 21.7 Å². The summed E-state index contributed by atoms with van der Waals surface area (Å²) in [5.41, 5.74) is 0.863. The van der Waals surface area contributed by atoms with Crippen LogP contribution in [0, 0.1) is 0 Å². The van der Waals surface area contributed by atoms with Crippen molar-refractivity contribution in [2.75, 3.05) is 26.7 Å². The normalized spacial score (nSPS) is 18.2. The van der Waals surface area contributed by atoms with E-state index >= 15 is 0 Å². The Morgan fingerprint density at radius 3 is 2.67 bits per heavy atom. The van der Waals surface area contributed by atoms with Gasteiger partial charge in [-0.3, -0.25) is 0 Å². The van der Waals surface area contributed by atoms with Crippen molar-refractivity contribution in [1.82, 2.24) is 14.2 Å². The second kappa shape index (κ2) is 6.39. The number of carboxylic acids is 1. The molecule has 2 rings (SSSR count). The van der Waals surface area contributed by atoms with Crippen molar-refractivity contribution in [2.45, 2.75) is 30.0 Å². The van der Waals surface area contributed by atoms with Gasteiger partial charge in [0.2, 0.25) is 0 Å². The first-order valence-corrected chi connectivity index (χ1v) is 9.07. The molecular weight excluding hydrogens is 314 g/mol. The topological polar surface area (TPSA) is 90.8 Å². The van der Waals surface area contributed by atoms with Crippen molar-refractivity contribution >= 4 is 27.3 Å². The predicted octanol–water partition coefficient (Wildman–Crippen LogP) is 0.946. The Balaban J connectivity index is 2.19. The number of piperidine rings is 1. The van der Waals surface area contributed by atoms with Crippen LogP contribution >= 0.6 is 11.3 Å². The van der Waals surface area contributed by atoms with Gasteiger partial charge >= 0.3 is 5.97 Å². The molecule has 1 aromatic rings. The van der Waals surface area contributed by atoms with Gasteiger partial charge in [-0.05, 0) is 32.5 Å². The minimum atomic E-state index is -3.81. The van der Waals surface area contributed by atoms with Crippen molar-refractivity contribution in [1.29, 1.82) is 0 Å². The highest BCUT2D eigenvalue weighted by atomic mass is 32.2. The Hall–Kier alpha value is -1.03. The lowest BCUT2D eigenvalue weighted by molar-refractivity contribution is 0.0687. The van der Waals surface area contributed by atoms with Crippen molar-refractivity contribution in [3.63, 3.8) is 0 Å². The number of hydrogen-bond acceptors (Lipinski definition) is 6. The van der Waals surface area contributed by atoms with Crippen LogP contribution in [0.15, 0.2) is 9.72 Å². The number of thiazole rings is 1. The van der Waals surface area contributed by atoms with Gasteiger partial charge in [-0.15, -0.1) is 11.3 Å². The molecule has 1 saturated heterocycles. The van der Waals surface area contributed by atoms with Gasteiger partial charge in [0, 0.05) is 13.1 Å². The average molecular weight is 333 g/mol. The number of aromatic carboxylic acids is 1. The zero-order valence-corrected chi connectivity index (χ0v) is 13.7. The lowest BCUT2D eigenvalue weighted by Gasteiger charge is -2.35. The Morgan fingerprint density at radius 2 is 2.14 bits per heavy atom. The molecule has 0 atom stereocenters. The Bertz CT molecular complexity index is 606. The van der Waals surface area contributed by atoms with Crippen LogP contribution in [0.4, 0.5) is 0 Å². The lowest BCUT2D eigenvalue weighted by atomic mass is 10.1. The molecule has 0 spiro atoms. The molecule has 21 heavy (non-hydrogen) atoms. The van der Waals surface area contributed by atoms with E-state index in [1.807, 2.05) is 0 Å². The SMILES string of the molecule is CCN1CCC(N(C)S(=O)(=O)c2scnc2C(=O)O)CC1. The second-order valence-electron chi connectivity index (χ2n) is 4.98. The highest BCUT2D eigenvalue weighted by Crippen LogP contribution is 2.27. The number of rotatable bonds is 5. The molecule has 2 heterocycles. The Labute approximate surface area is 128 Å². The van der Waals surface area contributed by atoms with Gasteiger partial charge in [0.05, 0.1) is 5.51 Å². The quantitative estimate of drug-likeness (QED) is 0.862. The van der Waals surface area contributed by atoms with E-state index in [9.17, 15) is 13.2 Å². The molecule has 0 saturated carbocycles. The van der Waals surface area contributed by atoms with E-state index in [0.717, 1.165) is 43.8 Å². The number of carbonyl (C=O) groups is 1. The lowest BCUT2D eigenvalue weighted by Crippen LogP contribution is -2.45. The van der Waals surface area contributed by atoms with Gasteiger partial charge in [0.25, 0.3) is 10.0 Å². The zero-order chi connectivity index (χ0) is 15.6. The van der Waals surface area contributed by atoms with Gasteiger partial charge < -0.3 is 10.0 Å². The highest BCUT2D eigenvalue weighted by molar-refractivity contribution is 7.91. The predicted molar refractivity (Wildman–Crippen MR) is 79.2 cm³/mol. The first-order valence-electron chi connectivity index (χ1n) is 6.75. The van der Waals surface area contributed by atoms with Gasteiger partial charge in [-0.2, -0.15) is 4.31 Å². The maximum atomic E-state index is 12.6. The highest BCUT2D eigenvalue weighted by Gasteiger charge is 2.34. The first-order chi connectivity index (χ1) is 9.87. The minimum absolute atomic E-state index is 0.0958. The molecule has 0 aromatic carbocycles. The molecule has 7 nitrogen and oxygen atoms in total. The molecule has 0 amide bonds. The van der Waals surface area contributed by atoms with Crippen molar-refractivity contribution in [3.8, 4) is 0 Å². The summed E-state index contributed by atoms with van der Waals surface area (Å²) >= 11 is 0.850. The van der Waals surface area contributed by atoms with Gasteiger partial charge in [0.15, 0.2) is 9.90 Å². The van der Waals surface area contributed by atoms with Crippen molar-refractivity contribution in [3.05, 3.63) is 11.2 Å². The number of nitrogens with zero attached hydrogens (tertiary/aromatic N) is 3. The largest absolute Gasteiger partial charge is 0.476 e. The van der Waals surface area contributed by atoms with Gasteiger partial charge in [0.1, 0.15) is 0 Å². The van der Waals surface area contributed by atoms with Crippen LogP contribution in [-0.2, 0) is 10.0 Å². The maximum absolute atomic E-state index is 12.6. The number of likely N-dealkylation sites (tertiary alicyclic amines) is 1. The third kappa shape index (κ3) is 3.25. The summed E-state index contributed by atoms with van der Waals surface area (Å²) in [4.78, 5) is 17.0. The zero-order valence-electron chi connectivity index (χ0n) is 12.0. The van der Waals surface area contributed by atoms with E-state index in [-0.39, 0.29) is 10.3 Å². The van der Waals surface area contributed by atoms with Crippen LogP contribution in [0.2, 0.25) is 0 Å². The number of aromatic nitrogens is 1. The molecule has 0 unspecified atom stereocenters. The summed E-state index contributed by atoms with van der Waals surface area (Å²) in [6.45, 7) is 4.75. The van der Waals surface area contributed by atoms with Crippen molar-refractivity contribution < 1.29 is 18.3 Å². The Morgan fingerprint density at radius 1 is 1.52 bits per heavy atom. The van der Waals surface area contributed by atoms with E-state index in [1.165, 1.54) is 16.9 Å². The molecule has 1 aliphatic heterocycles. The van der Waals surface area contributed by atoms with Crippen LogP contribution in [0.25, 0.3) is 0 Å². The molecule has 1 N–H and O–H groups in total. The summed E-state index contributed by atoms with van der Waals surface area (Å²) < 4.78 is 26.3. The van der Waals surface area contributed by atoms with E-state index in [0.29, 0.717) is 0 Å². The van der Waals surface area contributed by atoms with Crippen LogP contribution in [0.5, 0.6) is 0 Å². The monoisotopic (exact) mass is 333 g/mol. The maximum Gasteiger partial charge on any atom is 0.356 e. The fourth-order valence-electron chi connectivity index (χ4n) is 2.49. The fraction of sp³-hybridized carbons (Fsp3) is 0.667.